The van der Waals surface area contributed by atoms with E-state index in [9.17, 15) is 4.79 Å². The summed E-state index contributed by atoms with van der Waals surface area (Å²) in [6.45, 7) is 5.66. The molecule has 31 heavy (non-hydrogen) atoms. The number of ether oxygens (including phenoxy) is 5. The van der Waals surface area contributed by atoms with Gasteiger partial charge in [0.25, 0.3) is 0 Å². The maximum atomic E-state index is 12.8. The zero-order valence-corrected chi connectivity index (χ0v) is 18.2. The summed E-state index contributed by atoms with van der Waals surface area (Å²) in [5.41, 5.74) is 5.44. The summed E-state index contributed by atoms with van der Waals surface area (Å²) >= 11 is 0. The molecule has 2 aromatic rings. The quantitative estimate of drug-likeness (QED) is 0.703. The molecule has 1 aliphatic carbocycles. The van der Waals surface area contributed by atoms with Crippen LogP contribution in [0.4, 0.5) is 4.79 Å². The Morgan fingerprint density at radius 1 is 1.16 bits per heavy atom. The van der Waals surface area contributed by atoms with E-state index in [0.717, 1.165) is 58.1 Å². The number of fused-ring (bicyclic) bond motifs is 3. The van der Waals surface area contributed by atoms with E-state index in [1.807, 2.05) is 24.0 Å². The summed E-state index contributed by atoms with van der Waals surface area (Å²) in [5, 5.41) is 0. The van der Waals surface area contributed by atoms with Gasteiger partial charge >= 0.3 is 6.09 Å². The molecule has 7 nitrogen and oxygen atoms in total. The molecular weight excluding hydrogens is 398 g/mol. The van der Waals surface area contributed by atoms with Crippen LogP contribution in [0.2, 0.25) is 0 Å². The molecule has 2 aliphatic heterocycles. The largest absolute Gasteiger partial charge is 0.493 e. The second-order valence-electron chi connectivity index (χ2n) is 7.93. The summed E-state index contributed by atoms with van der Waals surface area (Å²) in [7, 11) is 1.67. The fourth-order valence-electron chi connectivity index (χ4n) is 4.85. The monoisotopic (exact) mass is 425 g/mol. The normalized spacial score (nSPS) is 17.6. The number of carbonyl (C=O) groups excluding carboxylic acids is 1. The zero-order chi connectivity index (χ0) is 21.5. The summed E-state index contributed by atoms with van der Waals surface area (Å²) in [4.78, 5) is 14.6. The molecule has 0 spiro atoms. The molecule has 7 heteroatoms. The topological polar surface area (TPSA) is 66.5 Å². The van der Waals surface area contributed by atoms with Crippen LogP contribution >= 0.6 is 0 Å². The lowest BCUT2D eigenvalue weighted by Gasteiger charge is -2.41. The van der Waals surface area contributed by atoms with Gasteiger partial charge in [0.05, 0.1) is 26.4 Å². The highest BCUT2D eigenvalue weighted by molar-refractivity contribution is 5.86. The van der Waals surface area contributed by atoms with Crippen LogP contribution in [-0.4, -0.2) is 44.7 Å². The minimum Gasteiger partial charge on any atom is -0.493 e. The van der Waals surface area contributed by atoms with Gasteiger partial charge in [-0.2, -0.15) is 0 Å². The van der Waals surface area contributed by atoms with Crippen LogP contribution < -0.4 is 18.9 Å². The van der Waals surface area contributed by atoms with E-state index >= 15 is 0 Å². The van der Waals surface area contributed by atoms with E-state index in [1.165, 1.54) is 5.56 Å². The number of hydrogen-bond donors (Lipinski definition) is 0. The fourth-order valence-corrected chi connectivity index (χ4v) is 4.85. The third kappa shape index (κ3) is 3.14. The van der Waals surface area contributed by atoms with Crippen LogP contribution in [0.5, 0.6) is 23.0 Å². The number of amides is 1. The molecule has 0 N–H and O–H groups in total. The minimum atomic E-state index is -0.278. The van der Waals surface area contributed by atoms with Crippen LogP contribution in [0.1, 0.15) is 43.0 Å². The molecule has 0 bridgehead atoms. The second-order valence-corrected chi connectivity index (χ2v) is 7.93. The molecule has 0 saturated carbocycles. The van der Waals surface area contributed by atoms with Crippen LogP contribution in [0.15, 0.2) is 18.2 Å². The van der Waals surface area contributed by atoms with Crippen molar-refractivity contribution in [1.82, 2.24) is 4.90 Å². The standard InChI is InChI=1S/C24H27NO6/c1-4-8-29-23-20(27-3)10-14-6-7-25(24(26)28-5-2)17-9-15-11-18-19(31-13-30-18)12-16(15)22(23)21(14)17/h10-12,17H,4-9,13H2,1-3H3. The lowest BCUT2D eigenvalue weighted by molar-refractivity contribution is 0.0861. The van der Waals surface area contributed by atoms with Crippen molar-refractivity contribution < 1.29 is 28.5 Å². The predicted molar refractivity (Wildman–Crippen MR) is 114 cm³/mol. The molecule has 1 unspecified atom stereocenters. The second kappa shape index (κ2) is 7.87. The fraction of sp³-hybridized carbons (Fsp3) is 0.458. The van der Waals surface area contributed by atoms with Crippen LogP contribution in [0.3, 0.4) is 0 Å². The van der Waals surface area contributed by atoms with Gasteiger partial charge in [0.2, 0.25) is 6.79 Å². The van der Waals surface area contributed by atoms with Gasteiger partial charge in [-0.1, -0.05) is 6.92 Å². The SMILES string of the molecule is CCCOc1c(OC)cc2c3c1-c1cc4c(cc1CC3N(C(=O)OCC)CC2)OCO4. The van der Waals surface area contributed by atoms with Crippen molar-refractivity contribution in [1.29, 1.82) is 0 Å². The highest BCUT2D eigenvalue weighted by Gasteiger charge is 2.40. The highest BCUT2D eigenvalue weighted by Crippen LogP contribution is 2.54. The van der Waals surface area contributed by atoms with Gasteiger partial charge in [-0.25, -0.2) is 4.79 Å². The Hall–Kier alpha value is -3.09. The maximum Gasteiger partial charge on any atom is 0.410 e. The first kappa shape index (κ1) is 19.8. The van der Waals surface area contributed by atoms with Crippen LogP contribution in [0, 0.1) is 0 Å². The van der Waals surface area contributed by atoms with Gasteiger partial charge < -0.3 is 28.6 Å². The average Bonchev–Trinajstić information content (AvgIpc) is 3.24. The maximum absolute atomic E-state index is 12.8. The van der Waals surface area contributed by atoms with E-state index < -0.39 is 0 Å². The number of benzene rings is 2. The Kier molecular flexibility index (Phi) is 5.04. The molecule has 2 aromatic carbocycles. The molecule has 3 aliphatic rings. The molecule has 164 valence electrons. The lowest BCUT2D eigenvalue weighted by atomic mass is 9.76. The minimum absolute atomic E-state index is 0.124. The first-order valence-electron chi connectivity index (χ1n) is 10.9. The van der Waals surface area contributed by atoms with E-state index in [-0.39, 0.29) is 18.9 Å². The molecule has 0 fully saturated rings. The number of methoxy groups -OCH3 is 1. The van der Waals surface area contributed by atoms with Crippen LogP contribution in [-0.2, 0) is 17.6 Å². The zero-order valence-electron chi connectivity index (χ0n) is 18.2. The molecular formula is C24H27NO6. The van der Waals surface area contributed by atoms with Gasteiger partial charge in [0, 0.05) is 12.1 Å². The van der Waals surface area contributed by atoms with Gasteiger partial charge in [-0.05, 0) is 66.6 Å². The van der Waals surface area contributed by atoms with Crippen molar-refractivity contribution in [3.8, 4) is 34.1 Å². The van der Waals surface area contributed by atoms with Crippen molar-refractivity contribution in [2.45, 2.75) is 39.2 Å². The Bertz CT molecular complexity index is 1030. The van der Waals surface area contributed by atoms with Crippen molar-refractivity contribution >= 4 is 6.09 Å². The summed E-state index contributed by atoms with van der Waals surface area (Å²) in [5.74, 6) is 2.91. The highest BCUT2D eigenvalue weighted by atomic mass is 16.7. The third-order valence-corrected chi connectivity index (χ3v) is 6.16. The molecule has 1 atom stereocenters. The lowest BCUT2D eigenvalue weighted by Crippen LogP contribution is -2.42. The summed E-state index contributed by atoms with van der Waals surface area (Å²) < 4.78 is 28.7. The van der Waals surface area contributed by atoms with Gasteiger partial charge in [0.1, 0.15) is 0 Å². The Morgan fingerprint density at radius 3 is 2.71 bits per heavy atom. The van der Waals surface area contributed by atoms with Crippen molar-refractivity contribution in [3.63, 3.8) is 0 Å². The molecule has 0 aromatic heterocycles. The van der Waals surface area contributed by atoms with E-state index in [0.29, 0.717) is 26.2 Å². The van der Waals surface area contributed by atoms with E-state index in [4.69, 9.17) is 23.7 Å². The van der Waals surface area contributed by atoms with Crippen molar-refractivity contribution in [2.75, 3.05) is 33.7 Å². The van der Waals surface area contributed by atoms with Gasteiger partial charge in [-0.15, -0.1) is 0 Å². The smallest absolute Gasteiger partial charge is 0.410 e. The van der Waals surface area contributed by atoms with E-state index in [2.05, 4.69) is 13.0 Å². The first-order chi connectivity index (χ1) is 15.2. The van der Waals surface area contributed by atoms with Gasteiger partial charge in [0.15, 0.2) is 23.0 Å². The van der Waals surface area contributed by atoms with E-state index in [1.54, 1.807) is 7.11 Å². The molecule has 2 heterocycles. The summed E-state index contributed by atoms with van der Waals surface area (Å²) in [6, 6.07) is 6.00. The van der Waals surface area contributed by atoms with Gasteiger partial charge in [-0.3, -0.25) is 0 Å². The number of nitrogens with zero attached hydrogens (tertiary/aromatic N) is 1. The van der Waals surface area contributed by atoms with Crippen LogP contribution in [0.25, 0.3) is 11.1 Å². The number of carbonyl (C=O) groups is 1. The first-order valence-corrected chi connectivity index (χ1v) is 10.9. The molecule has 0 saturated heterocycles. The molecule has 1 amide bonds. The average molecular weight is 425 g/mol. The number of rotatable bonds is 5. The number of hydrogen-bond acceptors (Lipinski definition) is 6. The summed E-state index contributed by atoms with van der Waals surface area (Å²) in [6.07, 6.45) is 2.03. The Labute approximate surface area is 181 Å². The Balaban J connectivity index is 1.74. The Morgan fingerprint density at radius 2 is 1.97 bits per heavy atom. The molecule has 5 rings (SSSR count). The van der Waals surface area contributed by atoms with Crippen molar-refractivity contribution in [2.24, 2.45) is 0 Å². The third-order valence-electron chi connectivity index (χ3n) is 6.16. The van der Waals surface area contributed by atoms with Crippen molar-refractivity contribution in [3.05, 3.63) is 34.9 Å². The predicted octanol–water partition coefficient (Wildman–Crippen LogP) is 4.49. The molecule has 0 radical (unpaired) electrons.